The van der Waals surface area contributed by atoms with Gasteiger partial charge in [-0.2, -0.15) is 4.99 Å². The molecule has 28 heavy (non-hydrogen) atoms. The lowest BCUT2D eigenvalue weighted by atomic mass is 10.2. The van der Waals surface area contributed by atoms with Gasteiger partial charge in [-0.1, -0.05) is 0 Å². The van der Waals surface area contributed by atoms with Crippen LogP contribution in [-0.4, -0.2) is 90.3 Å². The van der Waals surface area contributed by atoms with Gasteiger partial charge in [0, 0.05) is 45.5 Å². The van der Waals surface area contributed by atoms with E-state index in [0.29, 0.717) is 32.3 Å². The number of hydrogen-bond acceptors (Lipinski definition) is 10. The van der Waals surface area contributed by atoms with Gasteiger partial charge in [0.15, 0.2) is 12.1 Å². The highest BCUT2D eigenvalue weighted by Gasteiger charge is 2.30. The minimum atomic E-state index is -2.81. The van der Waals surface area contributed by atoms with Crippen LogP contribution in [0.4, 0.5) is 14.7 Å². The van der Waals surface area contributed by atoms with Crippen molar-refractivity contribution in [1.29, 1.82) is 0 Å². The quantitative estimate of drug-likeness (QED) is 0.611. The molecule has 1 atom stereocenters. The second-order valence-electron chi connectivity index (χ2n) is 6.62. The second-order valence-corrected chi connectivity index (χ2v) is 6.62. The summed E-state index contributed by atoms with van der Waals surface area (Å²) in [4.78, 5) is 20.9. The number of piperazine rings is 1. The number of nitrogens with zero attached hydrogens (tertiary/aromatic N) is 6. The van der Waals surface area contributed by atoms with Crippen LogP contribution in [-0.2, 0) is 4.74 Å². The van der Waals surface area contributed by atoms with Crippen molar-refractivity contribution in [3.8, 4) is 0 Å². The topological polar surface area (TPSA) is 116 Å². The largest absolute Gasteiger partial charge is 0.379 e. The molecule has 3 aliphatic rings. The van der Waals surface area contributed by atoms with Gasteiger partial charge in [-0.25, -0.2) is 23.7 Å². The van der Waals surface area contributed by atoms with Gasteiger partial charge in [0.05, 0.1) is 18.8 Å². The third-order valence-corrected chi connectivity index (χ3v) is 4.81. The molecular formula is C16H23F2N9O. The summed E-state index contributed by atoms with van der Waals surface area (Å²) in [6.45, 7) is 5.72. The van der Waals surface area contributed by atoms with Crippen molar-refractivity contribution in [1.82, 2.24) is 30.4 Å². The van der Waals surface area contributed by atoms with E-state index in [0.717, 1.165) is 26.2 Å². The average Bonchev–Trinajstić information content (AvgIpc) is 2.74. The lowest BCUT2D eigenvalue weighted by Gasteiger charge is -2.38. The Labute approximate surface area is 160 Å². The molecule has 152 valence electrons. The van der Waals surface area contributed by atoms with Crippen LogP contribution < -0.4 is 16.4 Å². The molecule has 10 nitrogen and oxygen atoms in total. The van der Waals surface area contributed by atoms with Gasteiger partial charge in [0.2, 0.25) is 11.9 Å². The first-order valence-electron chi connectivity index (χ1n) is 9.23. The Kier molecular flexibility index (Phi) is 5.59. The number of amidine groups is 1. The fourth-order valence-electron chi connectivity index (χ4n) is 3.34. The normalized spacial score (nSPS) is 24.0. The standard InChI is InChI=1S/C16H23F2N9O/c17-12(18)11-10(9-21-14(19)22-11)13-23-15(26-3-1-20-2-4-26)25-16(24-13)27-5-7-28-8-6-27/h9,12,16,20H,1-8H2,(H2,19,21,22)(H,23,24,25). The number of hydrogen-bond donors (Lipinski definition) is 3. The van der Waals surface area contributed by atoms with E-state index in [9.17, 15) is 8.78 Å². The molecule has 4 heterocycles. The molecule has 1 unspecified atom stereocenters. The van der Waals surface area contributed by atoms with E-state index in [1.54, 1.807) is 0 Å². The van der Waals surface area contributed by atoms with Gasteiger partial charge in [0.25, 0.3) is 6.43 Å². The molecule has 4 rings (SSSR count). The van der Waals surface area contributed by atoms with Crippen LogP contribution in [0.3, 0.4) is 0 Å². The third-order valence-electron chi connectivity index (χ3n) is 4.81. The number of nitrogens with one attached hydrogen (secondary N) is 2. The maximum atomic E-state index is 13.6. The highest BCUT2D eigenvalue weighted by atomic mass is 19.3. The lowest BCUT2D eigenvalue weighted by molar-refractivity contribution is 0.0141. The minimum Gasteiger partial charge on any atom is -0.379 e. The fourth-order valence-corrected chi connectivity index (χ4v) is 3.34. The summed E-state index contributed by atoms with van der Waals surface area (Å²) < 4.78 is 32.5. The third kappa shape index (κ3) is 4.03. The second kappa shape index (κ2) is 8.29. The molecule has 12 heteroatoms. The number of nitrogen functional groups attached to an aromatic ring is 1. The van der Waals surface area contributed by atoms with E-state index >= 15 is 0 Å². The number of anilines is 1. The predicted octanol–water partition coefficient (Wildman–Crippen LogP) is -0.777. The number of guanidine groups is 1. The average molecular weight is 395 g/mol. The van der Waals surface area contributed by atoms with E-state index in [1.165, 1.54) is 6.20 Å². The molecule has 0 bridgehead atoms. The van der Waals surface area contributed by atoms with Crippen molar-refractivity contribution in [3.63, 3.8) is 0 Å². The molecule has 1 aromatic rings. The molecule has 3 aliphatic heterocycles. The number of alkyl halides is 2. The summed E-state index contributed by atoms with van der Waals surface area (Å²) in [6, 6.07) is 0. The predicted molar refractivity (Wildman–Crippen MR) is 99.1 cm³/mol. The number of nitrogens with two attached hydrogens (primary N) is 1. The smallest absolute Gasteiger partial charge is 0.281 e. The summed E-state index contributed by atoms with van der Waals surface area (Å²) in [7, 11) is 0. The van der Waals surface area contributed by atoms with Crippen molar-refractivity contribution in [2.75, 3.05) is 58.2 Å². The van der Waals surface area contributed by atoms with Crippen LogP contribution in [0.25, 0.3) is 0 Å². The molecule has 0 radical (unpaired) electrons. The number of morpholine rings is 1. The zero-order valence-electron chi connectivity index (χ0n) is 15.3. The first-order chi connectivity index (χ1) is 13.6. The SMILES string of the molecule is Nc1ncc(C2=NC(N3CCOCC3)NC(N3CCNCC3)=N2)c(C(F)F)n1. The monoisotopic (exact) mass is 395 g/mol. The molecule has 4 N–H and O–H groups in total. The highest BCUT2D eigenvalue weighted by molar-refractivity contribution is 6.08. The molecule has 2 fully saturated rings. The molecule has 1 aromatic heterocycles. The van der Waals surface area contributed by atoms with Gasteiger partial charge in [-0.3, -0.25) is 4.90 Å². The molecule has 2 saturated heterocycles. The van der Waals surface area contributed by atoms with Crippen molar-refractivity contribution >= 4 is 17.7 Å². The molecule has 0 spiro atoms. The maximum absolute atomic E-state index is 13.6. The van der Waals surface area contributed by atoms with Crippen LogP contribution in [0, 0.1) is 0 Å². The number of aliphatic imine (C=N–C) groups is 2. The van der Waals surface area contributed by atoms with Gasteiger partial charge in [-0.05, 0) is 0 Å². The van der Waals surface area contributed by atoms with Crippen LogP contribution in [0.2, 0.25) is 0 Å². The van der Waals surface area contributed by atoms with Crippen molar-refractivity contribution in [2.45, 2.75) is 12.7 Å². The summed E-state index contributed by atoms with van der Waals surface area (Å²) >= 11 is 0. The Morgan fingerprint density at radius 2 is 1.93 bits per heavy atom. The molecule has 0 amide bonds. The summed E-state index contributed by atoms with van der Waals surface area (Å²) in [5, 5.41) is 6.62. The van der Waals surface area contributed by atoms with Crippen LogP contribution >= 0.6 is 0 Å². The zero-order chi connectivity index (χ0) is 19.5. The Morgan fingerprint density at radius 3 is 2.64 bits per heavy atom. The van der Waals surface area contributed by atoms with Crippen LogP contribution in [0.1, 0.15) is 17.7 Å². The molecule has 0 aliphatic carbocycles. The lowest BCUT2D eigenvalue weighted by Crippen LogP contribution is -2.59. The number of halogens is 2. The van der Waals surface area contributed by atoms with Crippen molar-refractivity contribution in [2.24, 2.45) is 9.98 Å². The molecule has 0 aromatic carbocycles. The Morgan fingerprint density at radius 1 is 1.18 bits per heavy atom. The number of ether oxygens (including phenoxy) is 1. The van der Waals surface area contributed by atoms with Gasteiger partial charge >= 0.3 is 0 Å². The van der Waals surface area contributed by atoms with Gasteiger partial charge < -0.3 is 26.0 Å². The Balaban J connectivity index is 1.71. The van der Waals surface area contributed by atoms with Crippen LogP contribution in [0.5, 0.6) is 0 Å². The van der Waals surface area contributed by atoms with Crippen molar-refractivity contribution < 1.29 is 13.5 Å². The molecule has 0 saturated carbocycles. The van der Waals surface area contributed by atoms with E-state index in [1.807, 2.05) is 0 Å². The summed E-state index contributed by atoms with van der Waals surface area (Å²) in [6.07, 6.45) is -1.97. The Bertz CT molecular complexity index is 760. The first-order valence-corrected chi connectivity index (χ1v) is 9.23. The van der Waals surface area contributed by atoms with E-state index in [4.69, 9.17) is 10.5 Å². The Hall–Kier alpha value is -2.44. The van der Waals surface area contributed by atoms with Crippen molar-refractivity contribution in [3.05, 3.63) is 17.5 Å². The van der Waals surface area contributed by atoms with E-state index in [2.05, 4.69) is 40.4 Å². The maximum Gasteiger partial charge on any atom is 0.281 e. The van der Waals surface area contributed by atoms with E-state index < -0.39 is 18.4 Å². The fraction of sp³-hybridized carbons (Fsp3) is 0.625. The molecular weight excluding hydrogens is 372 g/mol. The summed E-state index contributed by atoms with van der Waals surface area (Å²) in [5.74, 6) is 0.587. The van der Waals surface area contributed by atoms with Gasteiger partial charge in [0.1, 0.15) is 5.69 Å². The van der Waals surface area contributed by atoms with E-state index in [-0.39, 0.29) is 17.3 Å². The summed E-state index contributed by atoms with van der Waals surface area (Å²) in [5.41, 5.74) is 5.14. The minimum absolute atomic E-state index is 0.0941. The number of rotatable bonds is 3. The zero-order valence-corrected chi connectivity index (χ0v) is 15.3. The number of aromatic nitrogens is 2. The van der Waals surface area contributed by atoms with Gasteiger partial charge in [-0.15, -0.1) is 0 Å². The van der Waals surface area contributed by atoms with Crippen LogP contribution in [0.15, 0.2) is 16.2 Å². The first kappa shape index (κ1) is 18.9. The highest BCUT2D eigenvalue weighted by Crippen LogP contribution is 2.23.